The van der Waals surface area contributed by atoms with E-state index in [1.807, 2.05) is 7.05 Å². The maximum atomic E-state index is 5.93. The van der Waals surface area contributed by atoms with Crippen LogP contribution in [0.3, 0.4) is 0 Å². The molecule has 1 aliphatic heterocycles. The molecular formula is C14H28N2O. The average Bonchev–Trinajstić information content (AvgIpc) is 2.29. The Kier molecular flexibility index (Phi) is 4.45. The smallest absolute Gasteiger partial charge is 0.0730 e. The van der Waals surface area contributed by atoms with Crippen molar-refractivity contribution in [2.24, 2.45) is 5.41 Å². The van der Waals surface area contributed by atoms with Gasteiger partial charge in [0.2, 0.25) is 0 Å². The maximum absolute atomic E-state index is 5.93. The Balaban J connectivity index is 1.94. The van der Waals surface area contributed by atoms with Gasteiger partial charge in [-0.2, -0.15) is 0 Å². The molecule has 2 atom stereocenters. The highest BCUT2D eigenvalue weighted by atomic mass is 16.5. The van der Waals surface area contributed by atoms with Crippen molar-refractivity contribution in [1.29, 1.82) is 0 Å². The van der Waals surface area contributed by atoms with E-state index >= 15 is 0 Å². The van der Waals surface area contributed by atoms with Crippen molar-refractivity contribution < 1.29 is 4.74 Å². The van der Waals surface area contributed by atoms with Gasteiger partial charge in [-0.15, -0.1) is 0 Å². The van der Waals surface area contributed by atoms with Crippen LogP contribution in [0.15, 0.2) is 0 Å². The molecule has 2 unspecified atom stereocenters. The fraction of sp³-hybridized carbons (Fsp3) is 1.00. The number of rotatable bonds is 4. The second kappa shape index (κ2) is 5.68. The second-order valence-electron chi connectivity index (χ2n) is 6.43. The summed E-state index contributed by atoms with van der Waals surface area (Å²) in [6.45, 7) is 9.04. The first-order valence-electron chi connectivity index (χ1n) is 7.13. The van der Waals surface area contributed by atoms with Crippen LogP contribution in [-0.2, 0) is 4.74 Å². The second-order valence-corrected chi connectivity index (χ2v) is 6.43. The van der Waals surface area contributed by atoms with E-state index in [1.165, 1.54) is 32.2 Å². The van der Waals surface area contributed by atoms with Crippen molar-refractivity contribution in [2.75, 3.05) is 33.3 Å². The molecule has 0 aromatic rings. The topological polar surface area (TPSA) is 24.5 Å². The highest BCUT2D eigenvalue weighted by Crippen LogP contribution is 2.30. The standard InChI is InChI=1S/C14H28N2O/c1-14(2,10-15-3)11-16-8-9-17-13-7-5-4-6-12(13)16/h12-13,15H,4-11H2,1-3H3. The molecule has 1 N–H and O–H groups in total. The molecule has 1 saturated carbocycles. The molecule has 0 spiro atoms. The Labute approximate surface area is 106 Å². The number of hydrogen-bond donors (Lipinski definition) is 1. The van der Waals surface area contributed by atoms with Crippen molar-refractivity contribution in [3.63, 3.8) is 0 Å². The molecule has 1 heterocycles. The predicted octanol–water partition coefficient (Wildman–Crippen LogP) is 1.88. The minimum absolute atomic E-state index is 0.355. The van der Waals surface area contributed by atoms with Crippen molar-refractivity contribution in [3.8, 4) is 0 Å². The quantitative estimate of drug-likeness (QED) is 0.812. The number of nitrogens with zero attached hydrogens (tertiary/aromatic N) is 1. The molecule has 2 aliphatic rings. The number of ether oxygens (including phenoxy) is 1. The number of nitrogens with one attached hydrogen (secondary N) is 1. The molecular weight excluding hydrogens is 212 g/mol. The molecule has 3 nitrogen and oxygen atoms in total. The number of fused-ring (bicyclic) bond motifs is 1. The van der Waals surface area contributed by atoms with Gasteiger partial charge in [0, 0.05) is 25.7 Å². The average molecular weight is 240 g/mol. The highest BCUT2D eigenvalue weighted by Gasteiger charge is 2.36. The normalized spacial score (nSPS) is 31.2. The van der Waals surface area contributed by atoms with Gasteiger partial charge in [0.05, 0.1) is 12.7 Å². The molecule has 0 bridgehead atoms. The Morgan fingerprint density at radius 2 is 2.06 bits per heavy atom. The van der Waals surface area contributed by atoms with Crippen LogP contribution >= 0.6 is 0 Å². The zero-order chi connectivity index (χ0) is 12.3. The molecule has 2 fully saturated rings. The monoisotopic (exact) mass is 240 g/mol. The van der Waals surface area contributed by atoms with E-state index in [-0.39, 0.29) is 0 Å². The van der Waals surface area contributed by atoms with Gasteiger partial charge in [0.25, 0.3) is 0 Å². The third-order valence-electron chi connectivity index (χ3n) is 4.13. The Bertz CT molecular complexity index is 240. The van der Waals surface area contributed by atoms with Crippen LogP contribution in [0.4, 0.5) is 0 Å². The molecule has 0 aromatic carbocycles. The van der Waals surface area contributed by atoms with Gasteiger partial charge in [0.1, 0.15) is 0 Å². The zero-order valence-corrected chi connectivity index (χ0v) is 11.7. The lowest BCUT2D eigenvalue weighted by atomic mass is 9.86. The Morgan fingerprint density at radius 1 is 1.29 bits per heavy atom. The van der Waals surface area contributed by atoms with Gasteiger partial charge < -0.3 is 10.1 Å². The summed E-state index contributed by atoms with van der Waals surface area (Å²) in [7, 11) is 2.05. The molecule has 100 valence electrons. The molecule has 0 amide bonds. The van der Waals surface area contributed by atoms with Crippen molar-refractivity contribution in [1.82, 2.24) is 10.2 Å². The minimum atomic E-state index is 0.355. The number of hydrogen-bond acceptors (Lipinski definition) is 3. The third-order valence-corrected chi connectivity index (χ3v) is 4.13. The van der Waals surface area contributed by atoms with Gasteiger partial charge in [0.15, 0.2) is 0 Å². The van der Waals surface area contributed by atoms with E-state index in [2.05, 4.69) is 24.1 Å². The molecule has 17 heavy (non-hydrogen) atoms. The van der Waals surface area contributed by atoms with E-state index in [1.54, 1.807) is 0 Å². The molecule has 0 radical (unpaired) electrons. The summed E-state index contributed by atoms with van der Waals surface area (Å²) < 4.78 is 5.93. The molecule has 0 aromatic heterocycles. The van der Waals surface area contributed by atoms with Crippen LogP contribution in [0.2, 0.25) is 0 Å². The SMILES string of the molecule is CNCC(C)(C)CN1CCOC2CCCCC21. The van der Waals surface area contributed by atoms with Crippen molar-refractivity contribution in [2.45, 2.75) is 51.7 Å². The lowest BCUT2D eigenvalue weighted by molar-refractivity contribution is -0.0964. The van der Waals surface area contributed by atoms with Gasteiger partial charge in [-0.05, 0) is 25.3 Å². The van der Waals surface area contributed by atoms with Crippen LogP contribution in [0.5, 0.6) is 0 Å². The molecule has 2 rings (SSSR count). The number of morpholine rings is 1. The van der Waals surface area contributed by atoms with Gasteiger partial charge in [-0.25, -0.2) is 0 Å². The van der Waals surface area contributed by atoms with Crippen molar-refractivity contribution >= 4 is 0 Å². The summed E-state index contributed by atoms with van der Waals surface area (Å²) in [5.41, 5.74) is 0.355. The van der Waals surface area contributed by atoms with E-state index in [0.717, 1.165) is 19.7 Å². The summed E-state index contributed by atoms with van der Waals surface area (Å²) in [5.74, 6) is 0. The first-order valence-corrected chi connectivity index (χ1v) is 7.13. The lowest BCUT2D eigenvalue weighted by Crippen LogP contribution is -2.55. The fourth-order valence-electron chi connectivity index (χ4n) is 3.46. The summed E-state index contributed by atoms with van der Waals surface area (Å²) in [6.07, 6.45) is 5.86. The summed E-state index contributed by atoms with van der Waals surface area (Å²) in [5, 5.41) is 3.31. The van der Waals surface area contributed by atoms with Gasteiger partial charge in [-0.1, -0.05) is 26.7 Å². The summed E-state index contributed by atoms with van der Waals surface area (Å²) in [4.78, 5) is 2.69. The molecule has 1 saturated heterocycles. The highest BCUT2D eigenvalue weighted by molar-refractivity contribution is 4.89. The van der Waals surface area contributed by atoms with Crippen molar-refractivity contribution in [3.05, 3.63) is 0 Å². The van der Waals surface area contributed by atoms with Crippen LogP contribution in [0.25, 0.3) is 0 Å². The zero-order valence-electron chi connectivity index (χ0n) is 11.7. The first kappa shape index (κ1) is 13.3. The molecule has 1 aliphatic carbocycles. The third kappa shape index (κ3) is 3.43. The van der Waals surface area contributed by atoms with E-state index in [0.29, 0.717) is 17.6 Å². The van der Waals surface area contributed by atoms with Crippen LogP contribution in [0.1, 0.15) is 39.5 Å². The minimum Gasteiger partial charge on any atom is -0.375 e. The molecule has 3 heteroatoms. The maximum Gasteiger partial charge on any atom is 0.0730 e. The lowest BCUT2D eigenvalue weighted by Gasteiger charge is -2.46. The largest absolute Gasteiger partial charge is 0.375 e. The Morgan fingerprint density at radius 3 is 2.82 bits per heavy atom. The van der Waals surface area contributed by atoms with Crippen LogP contribution in [0, 0.1) is 5.41 Å². The van der Waals surface area contributed by atoms with Gasteiger partial charge in [-0.3, -0.25) is 4.90 Å². The van der Waals surface area contributed by atoms with E-state index in [9.17, 15) is 0 Å². The van der Waals surface area contributed by atoms with Gasteiger partial charge >= 0.3 is 0 Å². The first-order chi connectivity index (χ1) is 8.12. The van der Waals surface area contributed by atoms with E-state index in [4.69, 9.17) is 4.74 Å². The summed E-state index contributed by atoms with van der Waals surface area (Å²) in [6, 6.07) is 0.689. The predicted molar refractivity (Wildman–Crippen MR) is 71.3 cm³/mol. The Hall–Kier alpha value is -0.120. The van der Waals surface area contributed by atoms with Crippen LogP contribution < -0.4 is 5.32 Å². The fourth-order valence-corrected chi connectivity index (χ4v) is 3.46. The van der Waals surface area contributed by atoms with E-state index < -0.39 is 0 Å². The van der Waals surface area contributed by atoms with Crippen LogP contribution in [-0.4, -0.2) is 50.3 Å². The summed E-state index contributed by atoms with van der Waals surface area (Å²) >= 11 is 0.